The minimum Gasteiger partial charge on any atom is -0.462 e. The fraction of sp³-hybridized carbons (Fsp3) is 0.882. The Bertz CT molecular complexity index is 395. The highest BCUT2D eigenvalue weighted by Crippen LogP contribution is 2.21. The molecule has 1 aliphatic carbocycles. The average molecular weight is 325 g/mol. The molecule has 1 aliphatic heterocycles. The van der Waals surface area contributed by atoms with Gasteiger partial charge in [0, 0.05) is 46.1 Å². The van der Waals surface area contributed by atoms with Crippen molar-refractivity contribution in [3.63, 3.8) is 0 Å². The molecule has 6 nitrogen and oxygen atoms in total. The summed E-state index contributed by atoms with van der Waals surface area (Å²) in [7, 11) is 3.56. The summed E-state index contributed by atoms with van der Waals surface area (Å²) in [4.78, 5) is 18.4. The van der Waals surface area contributed by atoms with E-state index in [-0.39, 0.29) is 12.1 Å². The molecule has 23 heavy (non-hydrogen) atoms. The number of nitrogens with zero attached hydrogens (tertiary/aromatic N) is 2. The molecular weight excluding hydrogens is 294 g/mol. The maximum absolute atomic E-state index is 11.8. The number of likely N-dealkylation sites (tertiary alicyclic amines) is 1. The third-order valence-electron chi connectivity index (χ3n) is 4.64. The second-order valence-corrected chi connectivity index (χ2v) is 6.53. The van der Waals surface area contributed by atoms with E-state index in [4.69, 9.17) is 9.47 Å². The van der Waals surface area contributed by atoms with Gasteiger partial charge in [-0.1, -0.05) is 0 Å². The zero-order valence-corrected chi connectivity index (χ0v) is 14.6. The van der Waals surface area contributed by atoms with Crippen LogP contribution >= 0.6 is 0 Å². The Morgan fingerprint density at radius 1 is 1.30 bits per heavy atom. The first-order chi connectivity index (χ1) is 11.2. The molecule has 0 aromatic carbocycles. The smallest absolute Gasteiger partial charge is 0.306 e. The van der Waals surface area contributed by atoms with Crippen LogP contribution in [0.5, 0.6) is 0 Å². The van der Waals surface area contributed by atoms with Gasteiger partial charge in [-0.25, -0.2) is 0 Å². The van der Waals surface area contributed by atoms with E-state index in [1.54, 1.807) is 14.2 Å². The molecule has 1 atom stereocenters. The maximum Gasteiger partial charge on any atom is 0.306 e. The Hall–Kier alpha value is -1.30. The van der Waals surface area contributed by atoms with E-state index in [0.29, 0.717) is 12.3 Å². The van der Waals surface area contributed by atoms with E-state index in [2.05, 4.69) is 15.2 Å². The van der Waals surface area contributed by atoms with Crippen molar-refractivity contribution in [1.82, 2.24) is 10.2 Å². The molecule has 2 fully saturated rings. The number of rotatable bonds is 7. The van der Waals surface area contributed by atoms with Gasteiger partial charge in [0.25, 0.3) is 0 Å². The summed E-state index contributed by atoms with van der Waals surface area (Å²) in [6.45, 7) is 3.55. The molecule has 1 saturated heterocycles. The highest BCUT2D eigenvalue weighted by atomic mass is 16.5. The van der Waals surface area contributed by atoms with Crippen LogP contribution in [0, 0.1) is 5.92 Å². The largest absolute Gasteiger partial charge is 0.462 e. The number of ether oxygens (including phenoxy) is 2. The summed E-state index contributed by atoms with van der Waals surface area (Å²) in [5, 5.41) is 3.35. The normalized spacial score (nSPS) is 22.6. The number of hydrogen-bond donors (Lipinski definition) is 1. The van der Waals surface area contributed by atoms with Crippen molar-refractivity contribution in [3.8, 4) is 0 Å². The zero-order chi connectivity index (χ0) is 16.5. The van der Waals surface area contributed by atoms with Gasteiger partial charge in [-0.2, -0.15) is 0 Å². The number of aliphatic imine (C=N–C) groups is 1. The van der Waals surface area contributed by atoms with Crippen LogP contribution in [-0.2, 0) is 14.3 Å². The van der Waals surface area contributed by atoms with E-state index in [1.807, 2.05) is 0 Å². The van der Waals surface area contributed by atoms with E-state index in [9.17, 15) is 4.79 Å². The molecule has 0 radical (unpaired) electrons. The number of esters is 1. The van der Waals surface area contributed by atoms with E-state index in [1.165, 1.54) is 12.8 Å². The van der Waals surface area contributed by atoms with Crippen molar-refractivity contribution >= 4 is 11.9 Å². The minimum atomic E-state index is -0.0602. The number of carbonyl (C=O) groups is 1. The van der Waals surface area contributed by atoms with Gasteiger partial charge in [0.1, 0.15) is 6.10 Å². The van der Waals surface area contributed by atoms with Gasteiger partial charge in [-0.05, 0) is 38.5 Å². The van der Waals surface area contributed by atoms with Crippen molar-refractivity contribution in [1.29, 1.82) is 0 Å². The van der Waals surface area contributed by atoms with Crippen LogP contribution in [0.4, 0.5) is 0 Å². The molecule has 0 aromatic heterocycles. The molecule has 2 aliphatic rings. The van der Waals surface area contributed by atoms with Gasteiger partial charge < -0.3 is 19.7 Å². The molecule has 1 heterocycles. The number of nitrogens with one attached hydrogen (secondary N) is 1. The molecule has 1 saturated carbocycles. The van der Waals surface area contributed by atoms with Crippen LogP contribution in [0.2, 0.25) is 0 Å². The number of methoxy groups -OCH3 is 1. The lowest BCUT2D eigenvalue weighted by Gasteiger charge is -2.21. The van der Waals surface area contributed by atoms with Crippen LogP contribution in [0.1, 0.15) is 44.9 Å². The molecule has 1 N–H and O–H groups in total. The standard InChI is InChI=1S/C17H31N3O3/c1-18-17(20-11-9-14(12-20)13-22-2)19-10-5-8-16(21)23-15-6-3-4-7-15/h14-15H,3-13H2,1-2H3,(H,18,19). The summed E-state index contributed by atoms with van der Waals surface area (Å²) in [6, 6.07) is 0. The Morgan fingerprint density at radius 3 is 2.78 bits per heavy atom. The Labute approximate surface area is 139 Å². The Balaban J connectivity index is 1.59. The highest BCUT2D eigenvalue weighted by molar-refractivity contribution is 5.80. The number of guanidine groups is 1. The van der Waals surface area contributed by atoms with Crippen molar-refractivity contribution in [2.24, 2.45) is 10.9 Å². The van der Waals surface area contributed by atoms with Crippen molar-refractivity contribution < 1.29 is 14.3 Å². The van der Waals surface area contributed by atoms with Gasteiger partial charge in [-0.3, -0.25) is 9.79 Å². The predicted octanol–water partition coefficient (Wildman–Crippen LogP) is 1.80. The Morgan fingerprint density at radius 2 is 2.09 bits per heavy atom. The monoisotopic (exact) mass is 325 g/mol. The van der Waals surface area contributed by atoms with Crippen LogP contribution in [0.3, 0.4) is 0 Å². The molecule has 0 spiro atoms. The topological polar surface area (TPSA) is 63.2 Å². The second kappa shape index (κ2) is 9.75. The number of hydrogen-bond acceptors (Lipinski definition) is 4. The molecule has 0 aromatic rings. The second-order valence-electron chi connectivity index (χ2n) is 6.53. The van der Waals surface area contributed by atoms with Crippen molar-refractivity contribution in [2.45, 2.75) is 51.0 Å². The molecule has 6 heteroatoms. The molecular formula is C17H31N3O3. The quantitative estimate of drug-likeness (QED) is 0.335. The summed E-state index contributed by atoms with van der Waals surface area (Å²) in [6.07, 6.45) is 7.02. The van der Waals surface area contributed by atoms with Crippen molar-refractivity contribution in [2.75, 3.05) is 40.4 Å². The molecule has 0 amide bonds. The summed E-state index contributed by atoms with van der Waals surface area (Å²) in [5.41, 5.74) is 0. The lowest BCUT2D eigenvalue weighted by Crippen LogP contribution is -2.40. The Kier molecular flexibility index (Phi) is 7.65. The first kappa shape index (κ1) is 18.0. The molecule has 132 valence electrons. The predicted molar refractivity (Wildman–Crippen MR) is 90.5 cm³/mol. The van der Waals surface area contributed by atoms with Crippen LogP contribution in [-0.4, -0.2) is 63.3 Å². The SMILES string of the molecule is CN=C(NCCCC(=O)OC1CCCC1)N1CCC(COC)C1. The summed E-state index contributed by atoms with van der Waals surface area (Å²) >= 11 is 0. The highest BCUT2D eigenvalue weighted by Gasteiger charge is 2.24. The fourth-order valence-electron chi connectivity index (χ4n) is 3.41. The van der Waals surface area contributed by atoms with Gasteiger partial charge >= 0.3 is 5.97 Å². The summed E-state index contributed by atoms with van der Waals surface area (Å²) < 4.78 is 10.7. The fourth-order valence-corrected chi connectivity index (χ4v) is 3.41. The number of carbonyl (C=O) groups excluding carboxylic acids is 1. The van der Waals surface area contributed by atoms with Gasteiger partial charge in [-0.15, -0.1) is 0 Å². The lowest BCUT2D eigenvalue weighted by molar-refractivity contribution is -0.148. The third kappa shape index (κ3) is 6.01. The minimum absolute atomic E-state index is 0.0602. The lowest BCUT2D eigenvalue weighted by atomic mass is 10.1. The third-order valence-corrected chi connectivity index (χ3v) is 4.64. The van der Waals surface area contributed by atoms with E-state index < -0.39 is 0 Å². The van der Waals surface area contributed by atoms with E-state index in [0.717, 1.165) is 57.9 Å². The average Bonchev–Trinajstić information content (AvgIpc) is 3.20. The molecule has 2 rings (SSSR count). The van der Waals surface area contributed by atoms with Crippen LogP contribution in [0.15, 0.2) is 4.99 Å². The van der Waals surface area contributed by atoms with Crippen LogP contribution in [0.25, 0.3) is 0 Å². The first-order valence-electron chi connectivity index (χ1n) is 8.87. The van der Waals surface area contributed by atoms with Crippen molar-refractivity contribution in [3.05, 3.63) is 0 Å². The molecule has 1 unspecified atom stereocenters. The van der Waals surface area contributed by atoms with Gasteiger partial charge in [0.05, 0.1) is 6.61 Å². The van der Waals surface area contributed by atoms with Crippen LogP contribution < -0.4 is 5.32 Å². The zero-order valence-electron chi connectivity index (χ0n) is 14.6. The maximum atomic E-state index is 11.8. The summed E-state index contributed by atoms with van der Waals surface area (Å²) in [5.74, 6) is 1.45. The van der Waals surface area contributed by atoms with Gasteiger partial charge in [0.15, 0.2) is 5.96 Å². The molecule has 0 bridgehead atoms. The van der Waals surface area contributed by atoms with E-state index >= 15 is 0 Å². The first-order valence-corrected chi connectivity index (χ1v) is 8.87. The van der Waals surface area contributed by atoms with Gasteiger partial charge in [0.2, 0.25) is 0 Å².